The number of piperidine rings is 1. The van der Waals surface area contributed by atoms with Gasteiger partial charge in [0.2, 0.25) is 6.41 Å². The van der Waals surface area contributed by atoms with Gasteiger partial charge in [0.15, 0.2) is 0 Å². The van der Waals surface area contributed by atoms with Crippen LogP contribution in [-0.4, -0.2) is 55.2 Å². The minimum absolute atomic E-state index is 0.445. The molecule has 0 bridgehead atoms. The van der Waals surface area contributed by atoms with Crippen LogP contribution in [0.4, 0.5) is 16.3 Å². The van der Waals surface area contributed by atoms with E-state index in [1.807, 2.05) is 17.9 Å². The van der Waals surface area contributed by atoms with Gasteiger partial charge in [0.05, 0.1) is 19.0 Å². The van der Waals surface area contributed by atoms with Gasteiger partial charge in [-0.2, -0.15) is 0 Å². The average molecular weight is 403 g/mol. The summed E-state index contributed by atoms with van der Waals surface area (Å²) in [6.07, 6.45) is 11.8. The number of carbonyl (C=O) groups excluding carboxylic acids is 2. The normalized spacial score (nSPS) is 20.2. The maximum absolute atomic E-state index is 11.6. The molecule has 7 nitrogen and oxygen atoms in total. The highest BCUT2D eigenvalue weighted by atomic mass is 16.5. The number of nitrogens with one attached hydrogen (secondary N) is 1. The van der Waals surface area contributed by atoms with Gasteiger partial charge in [0.25, 0.3) is 0 Å². The van der Waals surface area contributed by atoms with Crippen LogP contribution in [-0.2, 0) is 9.53 Å². The van der Waals surface area contributed by atoms with Crippen molar-refractivity contribution in [1.82, 2.24) is 9.88 Å². The quantitative estimate of drug-likeness (QED) is 0.699. The van der Waals surface area contributed by atoms with Crippen LogP contribution >= 0.6 is 0 Å². The first-order valence-corrected chi connectivity index (χ1v) is 10.9. The number of methoxy groups -OCH3 is 1. The summed E-state index contributed by atoms with van der Waals surface area (Å²) in [5.74, 6) is 1.52. The Morgan fingerprint density at radius 1 is 1.31 bits per heavy atom. The highest BCUT2D eigenvalue weighted by Gasteiger charge is 2.24. The molecular formula is C22H34N4O3. The van der Waals surface area contributed by atoms with Crippen molar-refractivity contribution in [2.75, 3.05) is 37.0 Å². The molecule has 29 heavy (non-hydrogen) atoms. The summed E-state index contributed by atoms with van der Waals surface area (Å²) in [6.45, 7) is 4.78. The molecule has 2 amide bonds. The minimum atomic E-state index is -0.488. The van der Waals surface area contributed by atoms with Gasteiger partial charge in [-0.15, -0.1) is 0 Å². The first-order valence-electron chi connectivity index (χ1n) is 10.9. The zero-order chi connectivity index (χ0) is 20.6. The molecule has 1 saturated heterocycles. The summed E-state index contributed by atoms with van der Waals surface area (Å²) in [5, 5.41) is 2.69. The number of carbonyl (C=O) groups is 2. The predicted molar refractivity (Wildman–Crippen MR) is 114 cm³/mol. The van der Waals surface area contributed by atoms with E-state index in [1.165, 1.54) is 32.8 Å². The summed E-state index contributed by atoms with van der Waals surface area (Å²) in [6, 6.07) is 2.47. The predicted octanol–water partition coefficient (Wildman–Crippen LogP) is 3.97. The van der Waals surface area contributed by atoms with E-state index < -0.39 is 6.09 Å². The fourth-order valence-corrected chi connectivity index (χ4v) is 4.58. The van der Waals surface area contributed by atoms with E-state index >= 15 is 0 Å². The van der Waals surface area contributed by atoms with E-state index in [1.54, 1.807) is 6.20 Å². The molecule has 3 rings (SSSR count). The molecule has 1 atom stereocenters. The Bertz CT molecular complexity index is 691. The molecule has 0 spiro atoms. The lowest BCUT2D eigenvalue weighted by Crippen LogP contribution is -2.40. The molecule has 0 radical (unpaired) electrons. The largest absolute Gasteiger partial charge is 0.453 e. The third kappa shape index (κ3) is 5.84. The molecule has 7 heteroatoms. The van der Waals surface area contributed by atoms with Crippen LogP contribution in [0.2, 0.25) is 0 Å². The molecule has 1 aromatic heterocycles. The van der Waals surface area contributed by atoms with E-state index in [2.05, 4.69) is 19.9 Å². The second-order valence-electron chi connectivity index (χ2n) is 8.35. The molecule has 1 aliphatic heterocycles. The number of ether oxygens (including phenoxy) is 1. The SMILES string of the molecule is COC(=O)Nc1cnc(N2CCCC(CCN(C=O)C3CCCCC3)C2)cc1C. The van der Waals surface area contributed by atoms with Crippen molar-refractivity contribution in [2.24, 2.45) is 5.92 Å². The third-order valence-corrected chi connectivity index (χ3v) is 6.34. The van der Waals surface area contributed by atoms with E-state index in [0.29, 0.717) is 17.6 Å². The number of anilines is 2. The van der Waals surface area contributed by atoms with Crippen molar-refractivity contribution in [3.63, 3.8) is 0 Å². The van der Waals surface area contributed by atoms with Crippen molar-refractivity contribution < 1.29 is 14.3 Å². The Hall–Kier alpha value is -2.31. The Labute approximate surface area is 173 Å². The standard InChI is InChI=1S/C22H34N4O3/c1-17-13-21(23-14-20(17)24-22(28)29-2)25-11-6-7-18(15-25)10-12-26(16-27)19-8-4-3-5-9-19/h13-14,16,18-19H,3-12,15H2,1-2H3,(H,24,28). The molecule has 2 heterocycles. The van der Waals surface area contributed by atoms with Crippen molar-refractivity contribution in [1.29, 1.82) is 0 Å². The van der Waals surface area contributed by atoms with Gasteiger partial charge in [-0.25, -0.2) is 9.78 Å². The summed E-state index contributed by atoms with van der Waals surface area (Å²) in [4.78, 5) is 32.0. The number of nitrogens with zero attached hydrogens (tertiary/aromatic N) is 3. The maximum atomic E-state index is 11.6. The molecule has 1 N–H and O–H groups in total. The first kappa shape index (κ1) is 21.4. The fourth-order valence-electron chi connectivity index (χ4n) is 4.58. The van der Waals surface area contributed by atoms with Crippen molar-refractivity contribution in [3.05, 3.63) is 17.8 Å². The highest BCUT2D eigenvalue weighted by Crippen LogP contribution is 2.27. The van der Waals surface area contributed by atoms with Gasteiger partial charge in [-0.3, -0.25) is 10.1 Å². The van der Waals surface area contributed by atoms with Gasteiger partial charge in [-0.1, -0.05) is 19.3 Å². The molecular weight excluding hydrogens is 368 g/mol. The highest BCUT2D eigenvalue weighted by molar-refractivity contribution is 5.85. The summed E-state index contributed by atoms with van der Waals surface area (Å²) < 4.78 is 4.65. The lowest BCUT2D eigenvalue weighted by molar-refractivity contribution is -0.121. The first-order chi connectivity index (χ1) is 14.1. The zero-order valence-corrected chi connectivity index (χ0v) is 17.7. The molecule has 1 unspecified atom stereocenters. The number of hydrogen-bond acceptors (Lipinski definition) is 5. The average Bonchev–Trinajstić information content (AvgIpc) is 2.76. The topological polar surface area (TPSA) is 74.8 Å². The number of hydrogen-bond donors (Lipinski definition) is 1. The number of rotatable bonds is 7. The van der Waals surface area contributed by atoms with Crippen LogP contribution in [0.5, 0.6) is 0 Å². The lowest BCUT2D eigenvalue weighted by atomic mass is 9.92. The molecule has 160 valence electrons. The van der Waals surface area contributed by atoms with E-state index in [-0.39, 0.29) is 0 Å². The van der Waals surface area contributed by atoms with Gasteiger partial charge in [0, 0.05) is 25.7 Å². The molecule has 1 aromatic rings. The summed E-state index contributed by atoms with van der Waals surface area (Å²) in [5.41, 5.74) is 1.63. The monoisotopic (exact) mass is 402 g/mol. The lowest BCUT2D eigenvalue weighted by Gasteiger charge is -2.36. The van der Waals surface area contributed by atoms with Crippen LogP contribution < -0.4 is 10.2 Å². The molecule has 0 aromatic carbocycles. The summed E-state index contributed by atoms with van der Waals surface area (Å²) in [7, 11) is 1.35. The molecule has 1 aliphatic carbocycles. The van der Waals surface area contributed by atoms with Gasteiger partial charge in [0.1, 0.15) is 5.82 Å². The van der Waals surface area contributed by atoms with Crippen molar-refractivity contribution in [3.8, 4) is 0 Å². The smallest absolute Gasteiger partial charge is 0.411 e. The Morgan fingerprint density at radius 3 is 2.79 bits per heavy atom. The van der Waals surface area contributed by atoms with Crippen LogP contribution in [0.1, 0.15) is 56.9 Å². The number of aromatic nitrogens is 1. The van der Waals surface area contributed by atoms with E-state index in [4.69, 9.17) is 0 Å². The van der Waals surface area contributed by atoms with E-state index in [9.17, 15) is 9.59 Å². The zero-order valence-electron chi connectivity index (χ0n) is 17.7. The Balaban J connectivity index is 1.55. The fraction of sp³-hybridized carbons (Fsp3) is 0.682. The summed E-state index contributed by atoms with van der Waals surface area (Å²) >= 11 is 0. The Morgan fingerprint density at radius 2 is 2.10 bits per heavy atom. The van der Waals surface area contributed by atoms with Gasteiger partial charge in [-0.05, 0) is 56.6 Å². The maximum Gasteiger partial charge on any atom is 0.411 e. The van der Waals surface area contributed by atoms with Gasteiger partial charge >= 0.3 is 6.09 Å². The number of pyridine rings is 1. The molecule has 2 fully saturated rings. The van der Waals surface area contributed by atoms with Gasteiger partial charge < -0.3 is 14.5 Å². The molecule has 1 saturated carbocycles. The minimum Gasteiger partial charge on any atom is -0.453 e. The number of aryl methyl sites for hydroxylation is 1. The van der Waals surface area contributed by atoms with Crippen molar-refractivity contribution >= 4 is 24.0 Å². The third-order valence-electron chi connectivity index (χ3n) is 6.34. The van der Waals surface area contributed by atoms with Crippen LogP contribution in [0.3, 0.4) is 0 Å². The second kappa shape index (κ2) is 10.5. The Kier molecular flexibility index (Phi) is 7.72. The van der Waals surface area contributed by atoms with E-state index in [0.717, 1.165) is 63.1 Å². The van der Waals surface area contributed by atoms with Crippen LogP contribution in [0.15, 0.2) is 12.3 Å². The number of amides is 2. The van der Waals surface area contributed by atoms with Crippen LogP contribution in [0, 0.1) is 12.8 Å². The van der Waals surface area contributed by atoms with Crippen molar-refractivity contribution in [2.45, 2.75) is 64.3 Å². The second-order valence-corrected chi connectivity index (χ2v) is 8.35. The van der Waals surface area contributed by atoms with Crippen LogP contribution in [0.25, 0.3) is 0 Å². The molecule has 2 aliphatic rings.